The number of ketones is 2. The SMILES string of the molecule is O=C1CCCC(=O)C1=C(O)c1ccc2nccc(Oc3c(Cl)cccc3Cl)c2c1. The van der Waals surface area contributed by atoms with E-state index in [4.69, 9.17) is 27.9 Å². The van der Waals surface area contributed by atoms with Crippen molar-refractivity contribution in [1.82, 2.24) is 4.98 Å². The Kier molecular flexibility index (Phi) is 5.26. The number of benzene rings is 2. The van der Waals surface area contributed by atoms with Crippen molar-refractivity contribution in [2.75, 3.05) is 0 Å². The lowest BCUT2D eigenvalue weighted by Gasteiger charge is -2.15. The number of fused-ring (bicyclic) bond motifs is 1. The van der Waals surface area contributed by atoms with Gasteiger partial charge in [-0.05, 0) is 42.8 Å². The Morgan fingerprint density at radius 3 is 2.38 bits per heavy atom. The van der Waals surface area contributed by atoms with Crippen molar-refractivity contribution in [1.29, 1.82) is 0 Å². The number of aliphatic hydroxyl groups is 1. The Bertz CT molecular complexity index is 1150. The van der Waals surface area contributed by atoms with Gasteiger partial charge < -0.3 is 9.84 Å². The van der Waals surface area contributed by atoms with E-state index in [0.29, 0.717) is 44.4 Å². The Morgan fingerprint density at radius 2 is 1.69 bits per heavy atom. The van der Waals surface area contributed by atoms with Crippen LogP contribution in [-0.2, 0) is 9.59 Å². The normalized spacial score (nSPS) is 14.3. The Balaban J connectivity index is 1.83. The number of hydrogen-bond donors (Lipinski definition) is 1. The van der Waals surface area contributed by atoms with Gasteiger partial charge in [-0.3, -0.25) is 14.6 Å². The number of aliphatic hydroxyl groups excluding tert-OH is 1. The molecule has 5 nitrogen and oxygen atoms in total. The smallest absolute Gasteiger partial charge is 0.170 e. The maximum absolute atomic E-state index is 12.2. The van der Waals surface area contributed by atoms with Crippen LogP contribution in [0.1, 0.15) is 24.8 Å². The largest absolute Gasteiger partial charge is 0.506 e. The molecule has 1 saturated carbocycles. The highest BCUT2D eigenvalue weighted by atomic mass is 35.5. The van der Waals surface area contributed by atoms with Crippen molar-refractivity contribution in [2.45, 2.75) is 19.3 Å². The van der Waals surface area contributed by atoms with Gasteiger partial charge in [-0.25, -0.2) is 0 Å². The number of hydrogen-bond acceptors (Lipinski definition) is 5. The molecule has 1 aliphatic carbocycles. The molecule has 0 spiro atoms. The van der Waals surface area contributed by atoms with Gasteiger partial charge in [-0.1, -0.05) is 29.3 Å². The Hall–Kier alpha value is -2.89. The van der Waals surface area contributed by atoms with Gasteiger partial charge in [0, 0.05) is 30.0 Å². The number of pyridine rings is 1. The summed E-state index contributed by atoms with van der Waals surface area (Å²) >= 11 is 12.4. The van der Waals surface area contributed by atoms with Crippen molar-refractivity contribution in [3.8, 4) is 11.5 Å². The monoisotopic (exact) mass is 427 g/mol. The zero-order valence-corrected chi connectivity index (χ0v) is 16.6. The molecule has 1 fully saturated rings. The molecule has 0 saturated heterocycles. The maximum atomic E-state index is 12.2. The number of allylic oxidation sites excluding steroid dienone is 1. The molecule has 0 amide bonds. The van der Waals surface area contributed by atoms with Crippen LogP contribution in [0.5, 0.6) is 11.5 Å². The minimum absolute atomic E-state index is 0.142. The van der Waals surface area contributed by atoms with Crippen molar-refractivity contribution in [3.63, 3.8) is 0 Å². The summed E-state index contributed by atoms with van der Waals surface area (Å²) < 4.78 is 5.94. The van der Waals surface area contributed by atoms with E-state index >= 15 is 0 Å². The van der Waals surface area contributed by atoms with Gasteiger partial charge in [0.2, 0.25) is 0 Å². The molecule has 7 heteroatoms. The lowest BCUT2D eigenvalue weighted by Crippen LogP contribution is -2.20. The summed E-state index contributed by atoms with van der Waals surface area (Å²) in [5, 5.41) is 11.9. The summed E-state index contributed by atoms with van der Waals surface area (Å²) in [6.45, 7) is 0. The second-order valence-corrected chi connectivity index (χ2v) is 7.43. The third-order valence-corrected chi connectivity index (χ3v) is 5.30. The van der Waals surface area contributed by atoms with Crippen LogP contribution in [0, 0.1) is 0 Å². The first-order valence-electron chi connectivity index (χ1n) is 8.96. The number of halogens is 2. The topological polar surface area (TPSA) is 76.5 Å². The average Bonchev–Trinajstić information content (AvgIpc) is 2.70. The van der Waals surface area contributed by atoms with Crippen LogP contribution in [0.25, 0.3) is 16.7 Å². The van der Waals surface area contributed by atoms with E-state index in [9.17, 15) is 14.7 Å². The summed E-state index contributed by atoms with van der Waals surface area (Å²) in [5.41, 5.74) is 0.795. The highest BCUT2D eigenvalue weighted by molar-refractivity contribution is 6.37. The fraction of sp³-hybridized carbons (Fsp3) is 0.136. The highest BCUT2D eigenvalue weighted by Crippen LogP contribution is 2.38. The molecule has 1 N–H and O–H groups in total. The Labute approximate surface area is 176 Å². The molecule has 1 aromatic heterocycles. The molecular formula is C22H15Cl2NO4. The van der Waals surface area contributed by atoms with E-state index in [1.54, 1.807) is 48.7 Å². The first-order chi connectivity index (χ1) is 14.0. The number of rotatable bonds is 3. The van der Waals surface area contributed by atoms with Crippen LogP contribution >= 0.6 is 23.2 Å². The Morgan fingerprint density at radius 1 is 1.00 bits per heavy atom. The lowest BCUT2D eigenvalue weighted by molar-refractivity contribution is -0.123. The second kappa shape index (κ2) is 7.85. The van der Waals surface area contributed by atoms with Gasteiger partial charge in [-0.15, -0.1) is 0 Å². The molecule has 1 aliphatic rings. The average molecular weight is 428 g/mol. The third-order valence-electron chi connectivity index (χ3n) is 4.71. The van der Waals surface area contributed by atoms with Gasteiger partial charge in [0.25, 0.3) is 0 Å². The minimum atomic E-state index is -0.343. The predicted molar refractivity (Wildman–Crippen MR) is 112 cm³/mol. The van der Waals surface area contributed by atoms with Crippen molar-refractivity contribution < 1.29 is 19.4 Å². The number of carbonyl (C=O) groups is 2. The molecule has 146 valence electrons. The van der Waals surface area contributed by atoms with Crippen molar-refractivity contribution in [3.05, 3.63) is 69.8 Å². The summed E-state index contributed by atoms with van der Waals surface area (Å²) in [7, 11) is 0. The third kappa shape index (κ3) is 3.71. The number of nitrogens with zero attached hydrogens (tertiary/aromatic N) is 1. The van der Waals surface area contributed by atoms with Gasteiger partial charge in [-0.2, -0.15) is 0 Å². The first kappa shape index (κ1) is 19.4. The number of Topliss-reactive ketones (excluding diaryl/α,β-unsaturated/α-hetero) is 2. The summed E-state index contributed by atoms with van der Waals surface area (Å²) in [4.78, 5) is 28.6. The predicted octanol–water partition coefficient (Wildman–Crippen LogP) is 5.93. The minimum Gasteiger partial charge on any atom is -0.506 e. The molecular weight excluding hydrogens is 413 g/mol. The molecule has 3 aromatic rings. The van der Waals surface area contributed by atoms with Gasteiger partial charge in [0.15, 0.2) is 17.3 Å². The number of aromatic nitrogens is 1. The van der Waals surface area contributed by atoms with Crippen molar-refractivity contribution >= 4 is 51.4 Å². The zero-order chi connectivity index (χ0) is 20.5. The second-order valence-electron chi connectivity index (χ2n) is 6.62. The zero-order valence-electron chi connectivity index (χ0n) is 15.1. The van der Waals surface area contributed by atoms with Crippen LogP contribution in [0.15, 0.2) is 54.2 Å². The van der Waals surface area contributed by atoms with Crippen LogP contribution in [0.3, 0.4) is 0 Å². The van der Waals surface area contributed by atoms with E-state index < -0.39 is 0 Å². The lowest BCUT2D eigenvalue weighted by atomic mass is 9.89. The quantitative estimate of drug-likeness (QED) is 0.318. The number of carbonyl (C=O) groups excluding carboxylic acids is 2. The van der Waals surface area contributed by atoms with Gasteiger partial charge in [0.1, 0.15) is 17.1 Å². The molecule has 0 atom stereocenters. The van der Waals surface area contributed by atoms with E-state index in [2.05, 4.69) is 4.98 Å². The fourth-order valence-corrected chi connectivity index (χ4v) is 3.75. The molecule has 1 heterocycles. The number of ether oxygens (including phenoxy) is 1. The molecule has 0 radical (unpaired) electrons. The van der Waals surface area contributed by atoms with Crippen LogP contribution in [-0.4, -0.2) is 21.7 Å². The van der Waals surface area contributed by atoms with E-state index in [0.717, 1.165) is 0 Å². The molecule has 0 unspecified atom stereocenters. The van der Waals surface area contributed by atoms with Gasteiger partial charge >= 0.3 is 0 Å². The molecule has 4 rings (SSSR count). The summed E-state index contributed by atoms with van der Waals surface area (Å²) in [6.07, 6.45) is 2.58. The van der Waals surface area contributed by atoms with Crippen molar-refractivity contribution in [2.24, 2.45) is 0 Å². The van der Waals surface area contributed by atoms with E-state index in [1.165, 1.54) is 0 Å². The maximum Gasteiger partial charge on any atom is 0.170 e. The van der Waals surface area contributed by atoms with Crippen LogP contribution < -0.4 is 4.74 Å². The summed E-state index contributed by atoms with van der Waals surface area (Å²) in [6, 6.07) is 11.6. The van der Waals surface area contributed by atoms with Gasteiger partial charge in [0.05, 0.1) is 15.6 Å². The van der Waals surface area contributed by atoms with Crippen LogP contribution in [0.4, 0.5) is 0 Å². The first-order valence-corrected chi connectivity index (χ1v) is 9.72. The van der Waals surface area contributed by atoms with Crippen LogP contribution in [0.2, 0.25) is 10.0 Å². The fourth-order valence-electron chi connectivity index (χ4n) is 3.27. The highest BCUT2D eigenvalue weighted by Gasteiger charge is 2.27. The molecule has 0 aliphatic heterocycles. The van der Waals surface area contributed by atoms with E-state index in [1.807, 2.05) is 0 Å². The summed E-state index contributed by atoms with van der Waals surface area (Å²) in [5.74, 6) is -0.291. The molecule has 2 aromatic carbocycles. The number of para-hydroxylation sites is 1. The standard InChI is InChI=1S/C22H15Cl2NO4/c23-14-3-1-4-15(24)22(14)29-19-9-10-25-16-8-7-12(11-13(16)19)21(28)20-17(26)5-2-6-18(20)27/h1,3-4,7-11,28H,2,5-6H2. The molecule has 0 bridgehead atoms. The molecule has 29 heavy (non-hydrogen) atoms. The van der Waals surface area contributed by atoms with E-state index in [-0.39, 0.29) is 35.7 Å².